The molecule has 1 aromatic carbocycles. The van der Waals surface area contributed by atoms with Crippen LogP contribution in [0, 0.1) is 12.7 Å². The predicted molar refractivity (Wildman–Crippen MR) is 114 cm³/mol. The molecule has 1 saturated heterocycles. The lowest BCUT2D eigenvalue weighted by Gasteiger charge is -2.31. The van der Waals surface area contributed by atoms with Crippen molar-refractivity contribution in [3.63, 3.8) is 0 Å². The molecule has 0 radical (unpaired) electrons. The summed E-state index contributed by atoms with van der Waals surface area (Å²) in [6.07, 6.45) is 5.37. The van der Waals surface area contributed by atoms with Crippen molar-refractivity contribution in [2.45, 2.75) is 32.6 Å². The van der Waals surface area contributed by atoms with Crippen LogP contribution >= 0.6 is 0 Å². The van der Waals surface area contributed by atoms with Crippen LogP contribution in [0.25, 0.3) is 11.3 Å². The Bertz CT molecular complexity index is 1070. The van der Waals surface area contributed by atoms with Gasteiger partial charge >= 0.3 is 0 Å². The van der Waals surface area contributed by atoms with Crippen LogP contribution in [0.2, 0.25) is 0 Å². The summed E-state index contributed by atoms with van der Waals surface area (Å²) in [4.78, 5) is 27.5. The number of carbonyl (C=O) groups is 1. The van der Waals surface area contributed by atoms with Crippen LogP contribution in [0.4, 0.5) is 15.9 Å². The second-order valence-electron chi connectivity index (χ2n) is 7.63. The molecule has 154 valence electrons. The van der Waals surface area contributed by atoms with Crippen LogP contribution in [0.1, 0.15) is 37.1 Å². The Morgan fingerprint density at radius 2 is 2.10 bits per heavy atom. The maximum absolute atomic E-state index is 13.6. The molecule has 1 amide bonds. The molecule has 1 fully saturated rings. The number of nitrogens with one attached hydrogen (secondary N) is 1. The summed E-state index contributed by atoms with van der Waals surface area (Å²) in [5, 5.41) is 3.20. The lowest BCUT2D eigenvalue weighted by Crippen LogP contribution is -2.38. The van der Waals surface area contributed by atoms with E-state index in [0.29, 0.717) is 23.9 Å². The van der Waals surface area contributed by atoms with Gasteiger partial charge in [0.2, 0.25) is 5.91 Å². The highest BCUT2D eigenvalue weighted by atomic mass is 19.1. The number of aromatic nitrogens is 3. The molecule has 1 atom stereocenters. The second kappa shape index (κ2) is 8.57. The number of hydrogen-bond donors (Lipinski definition) is 1. The molecule has 0 bridgehead atoms. The third-order valence-electron chi connectivity index (χ3n) is 5.39. The van der Waals surface area contributed by atoms with E-state index in [1.165, 1.54) is 12.1 Å². The molecule has 0 saturated carbocycles. The first kappa shape index (κ1) is 19.9. The van der Waals surface area contributed by atoms with Crippen molar-refractivity contribution in [3.05, 3.63) is 66.0 Å². The molecule has 1 unspecified atom stereocenters. The number of benzene rings is 1. The van der Waals surface area contributed by atoms with Gasteiger partial charge in [0.15, 0.2) is 0 Å². The number of halogens is 1. The summed E-state index contributed by atoms with van der Waals surface area (Å²) in [5.41, 5.74) is 3.34. The fourth-order valence-electron chi connectivity index (χ4n) is 3.77. The van der Waals surface area contributed by atoms with Crippen molar-refractivity contribution in [1.82, 2.24) is 19.9 Å². The highest BCUT2D eigenvalue weighted by Gasteiger charge is 2.26. The number of carbonyl (C=O) groups excluding carboxylic acids is 1. The van der Waals surface area contributed by atoms with Crippen LogP contribution in [-0.4, -0.2) is 38.8 Å². The number of piperidine rings is 1. The fourth-order valence-corrected chi connectivity index (χ4v) is 3.77. The van der Waals surface area contributed by atoms with Crippen molar-refractivity contribution in [2.24, 2.45) is 0 Å². The van der Waals surface area contributed by atoms with E-state index in [-0.39, 0.29) is 17.6 Å². The largest absolute Gasteiger partial charge is 0.342 e. The predicted octanol–water partition coefficient (Wildman–Crippen LogP) is 4.46. The molecule has 1 N–H and O–H groups in total. The van der Waals surface area contributed by atoms with Gasteiger partial charge in [-0.25, -0.2) is 14.4 Å². The topological polar surface area (TPSA) is 71.0 Å². The molecule has 1 aliphatic heterocycles. The number of amides is 1. The zero-order valence-corrected chi connectivity index (χ0v) is 17.1. The van der Waals surface area contributed by atoms with E-state index in [9.17, 15) is 9.18 Å². The van der Waals surface area contributed by atoms with Crippen molar-refractivity contribution >= 4 is 17.4 Å². The molecule has 0 spiro atoms. The molecule has 4 rings (SSSR count). The molecule has 3 aromatic rings. The molecule has 1 aliphatic rings. The highest BCUT2D eigenvalue weighted by Crippen LogP contribution is 2.30. The normalized spacial score (nSPS) is 16.4. The third-order valence-corrected chi connectivity index (χ3v) is 5.39. The summed E-state index contributed by atoms with van der Waals surface area (Å²) in [6.45, 7) is 4.97. The molecule has 30 heavy (non-hydrogen) atoms. The number of likely N-dealkylation sites (tertiary alicyclic amines) is 1. The molecule has 7 heteroatoms. The minimum Gasteiger partial charge on any atom is -0.342 e. The van der Waals surface area contributed by atoms with E-state index in [2.05, 4.69) is 10.3 Å². The van der Waals surface area contributed by atoms with Gasteiger partial charge in [0.1, 0.15) is 17.5 Å². The number of nitrogens with zero attached hydrogens (tertiary/aromatic N) is 4. The van der Waals surface area contributed by atoms with Gasteiger partial charge in [0, 0.05) is 55.6 Å². The van der Waals surface area contributed by atoms with Gasteiger partial charge < -0.3 is 10.2 Å². The van der Waals surface area contributed by atoms with Crippen LogP contribution in [-0.2, 0) is 4.79 Å². The van der Waals surface area contributed by atoms with Gasteiger partial charge in [0.25, 0.3) is 0 Å². The lowest BCUT2D eigenvalue weighted by atomic mass is 9.96. The summed E-state index contributed by atoms with van der Waals surface area (Å²) in [5.74, 6) is 1.07. The van der Waals surface area contributed by atoms with Gasteiger partial charge in [-0.05, 0) is 49.6 Å². The first-order chi connectivity index (χ1) is 14.5. The Labute approximate surface area is 175 Å². The minimum absolute atomic E-state index is 0.0487. The Kier molecular flexibility index (Phi) is 5.70. The molecule has 0 aliphatic carbocycles. The van der Waals surface area contributed by atoms with Crippen molar-refractivity contribution in [1.29, 1.82) is 0 Å². The van der Waals surface area contributed by atoms with E-state index in [4.69, 9.17) is 9.97 Å². The van der Waals surface area contributed by atoms with Crippen LogP contribution in [0.5, 0.6) is 0 Å². The highest BCUT2D eigenvalue weighted by molar-refractivity contribution is 5.73. The van der Waals surface area contributed by atoms with E-state index >= 15 is 0 Å². The van der Waals surface area contributed by atoms with Gasteiger partial charge in [0.05, 0.1) is 5.69 Å². The average Bonchev–Trinajstić information content (AvgIpc) is 2.74. The number of pyridine rings is 1. The monoisotopic (exact) mass is 405 g/mol. The molecule has 6 nitrogen and oxygen atoms in total. The van der Waals surface area contributed by atoms with Gasteiger partial charge in [-0.1, -0.05) is 6.07 Å². The SMILES string of the molecule is CC(=O)N1CCCC(c2nc(Nc3cccc(F)c3)cc(-c3cnccc3C)n2)C1. The number of aryl methyl sites for hydroxylation is 1. The number of hydrogen-bond acceptors (Lipinski definition) is 5. The Hall–Kier alpha value is -3.35. The molecule has 3 heterocycles. The van der Waals surface area contributed by atoms with Crippen molar-refractivity contribution in [2.75, 3.05) is 18.4 Å². The number of rotatable bonds is 4. The zero-order valence-electron chi connectivity index (χ0n) is 17.1. The van der Waals surface area contributed by atoms with Gasteiger partial charge in [-0.15, -0.1) is 0 Å². The summed E-state index contributed by atoms with van der Waals surface area (Å²) in [7, 11) is 0. The molecule has 2 aromatic heterocycles. The third kappa shape index (κ3) is 4.45. The summed E-state index contributed by atoms with van der Waals surface area (Å²) >= 11 is 0. The Balaban J connectivity index is 1.74. The van der Waals surface area contributed by atoms with Crippen molar-refractivity contribution in [3.8, 4) is 11.3 Å². The lowest BCUT2D eigenvalue weighted by molar-refractivity contribution is -0.130. The Morgan fingerprint density at radius 3 is 2.87 bits per heavy atom. The smallest absolute Gasteiger partial charge is 0.219 e. The van der Waals surface area contributed by atoms with E-state index in [1.54, 1.807) is 31.5 Å². The van der Waals surface area contributed by atoms with Gasteiger partial charge in [-0.3, -0.25) is 9.78 Å². The maximum atomic E-state index is 13.6. The molecular formula is C23H24FN5O. The molecular weight excluding hydrogens is 381 g/mol. The van der Waals surface area contributed by atoms with Crippen LogP contribution < -0.4 is 5.32 Å². The first-order valence-corrected chi connectivity index (χ1v) is 10.1. The van der Waals surface area contributed by atoms with Crippen molar-refractivity contribution < 1.29 is 9.18 Å². The first-order valence-electron chi connectivity index (χ1n) is 10.1. The number of anilines is 2. The van der Waals surface area contributed by atoms with E-state index in [1.807, 2.05) is 24.0 Å². The standard InChI is InChI=1S/C23H24FN5O/c1-15-8-9-25-13-20(15)21-12-22(26-19-7-3-6-18(24)11-19)28-23(27-21)17-5-4-10-29(14-17)16(2)30/h3,6-9,11-13,17H,4-5,10,14H2,1-2H3,(H,26,27,28). The van der Waals surface area contributed by atoms with E-state index in [0.717, 1.165) is 36.2 Å². The minimum atomic E-state index is -0.318. The van der Waals surface area contributed by atoms with E-state index < -0.39 is 0 Å². The average molecular weight is 405 g/mol. The zero-order chi connectivity index (χ0) is 21.1. The van der Waals surface area contributed by atoms with Crippen LogP contribution in [0.3, 0.4) is 0 Å². The Morgan fingerprint density at radius 1 is 1.23 bits per heavy atom. The maximum Gasteiger partial charge on any atom is 0.219 e. The second-order valence-corrected chi connectivity index (χ2v) is 7.63. The van der Waals surface area contributed by atoms with Crippen LogP contribution in [0.15, 0.2) is 48.8 Å². The fraction of sp³-hybridized carbons (Fsp3) is 0.304. The quantitative estimate of drug-likeness (QED) is 0.694. The summed E-state index contributed by atoms with van der Waals surface area (Å²) in [6, 6.07) is 10.1. The van der Waals surface area contributed by atoms with Gasteiger partial charge in [-0.2, -0.15) is 0 Å². The summed E-state index contributed by atoms with van der Waals surface area (Å²) < 4.78 is 13.6.